The summed E-state index contributed by atoms with van der Waals surface area (Å²) in [5, 5.41) is 5.85. The van der Waals surface area contributed by atoms with Crippen LogP contribution in [0.25, 0.3) is 77.5 Å². The van der Waals surface area contributed by atoms with E-state index in [1.165, 1.54) is 33.1 Å². The number of allylic oxidation sites excluding steroid dienone is 5. The Bertz CT molecular complexity index is 2690. The smallest absolute Gasteiger partial charge is 0.145 e. The summed E-state index contributed by atoms with van der Waals surface area (Å²) >= 11 is 0. The van der Waals surface area contributed by atoms with E-state index in [-0.39, 0.29) is 6.04 Å². The van der Waals surface area contributed by atoms with E-state index in [0.29, 0.717) is 0 Å². The van der Waals surface area contributed by atoms with Gasteiger partial charge in [-0.3, -0.25) is 0 Å². The number of nitrogens with two attached hydrogens (primary N) is 2. The van der Waals surface area contributed by atoms with E-state index in [9.17, 15) is 0 Å². The molecule has 0 saturated carbocycles. The molecule has 0 radical (unpaired) electrons. The molecule has 5 heteroatoms. The normalized spacial score (nSPS) is 16.0. The molecular weight excluding hydrogens is 576 g/mol. The van der Waals surface area contributed by atoms with Crippen molar-refractivity contribution in [1.29, 1.82) is 0 Å². The van der Waals surface area contributed by atoms with Gasteiger partial charge in [-0.25, -0.2) is 0 Å². The zero-order valence-electron chi connectivity index (χ0n) is 25.8. The van der Waals surface area contributed by atoms with E-state index < -0.39 is 0 Å². The molecule has 0 amide bonds. The van der Waals surface area contributed by atoms with Gasteiger partial charge in [-0.1, -0.05) is 60.7 Å². The quantitative estimate of drug-likeness (QED) is 0.196. The lowest BCUT2D eigenvalue weighted by molar-refractivity contribution is 0.647. The molecule has 0 spiro atoms. The lowest BCUT2D eigenvalue weighted by Gasteiger charge is -2.20. The van der Waals surface area contributed by atoms with E-state index in [1.54, 1.807) is 0 Å². The number of fused-ring (bicyclic) bond motifs is 10. The highest BCUT2D eigenvalue weighted by molar-refractivity contribution is 6.23. The van der Waals surface area contributed by atoms with Gasteiger partial charge in [-0.15, -0.1) is 0 Å². The zero-order chi connectivity index (χ0) is 31.2. The molecular formula is C42H32N4O. The highest BCUT2D eigenvalue weighted by Crippen LogP contribution is 2.44. The minimum absolute atomic E-state index is 0.188. The summed E-state index contributed by atoms with van der Waals surface area (Å²) < 4.78 is 11.5. The SMILES string of the molecule is Nc1ccc(-n2c3c(c4cc(N)ccc42)CCC=C3)c(-c2ccc3c4c5oc6ccccc6c5ccc4n(C4C=CC=CC4)c3c2)c1. The monoisotopic (exact) mass is 608 g/mol. The molecule has 0 bridgehead atoms. The molecule has 1 unspecified atom stereocenters. The lowest BCUT2D eigenvalue weighted by atomic mass is 9.99. The summed E-state index contributed by atoms with van der Waals surface area (Å²) in [4.78, 5) is 0. The minimum atomic E-state index is 0.188. The predicted molar refractivity (Wildman–Crippen MR) is 197 cm³/mol. The Labute approximate surface area is 271 Å². The van der Waals surface area contributed by atoms with Gasteiger partial charge in [-0.05, 0) is 97.1 Å². The van der Waals surface area contributed by atoms with Crippen molar-refractivity contribution >= 4 is 72.1 Å². The van der Waals surface area contributed by atoms with Crippen LogP contribution in [0.3, 0.4) is 0 Å². The zero-order valence-corrected chi connectivity index (χ0v) is 25.8. The van der Waals surface area contributed by atoms with Crippen LogP contribution in [-0.2, 0) is 6.42 Å². The van der Waals surface area contributed by atoms with Crippen LogP contribution in [0.5, 0.6) is 0 Å². The fourth-order valence-electron chi connectivity index (χ4n) is 8.09. The maximum atomic E-state index is 6.59. The Morgan fingerprint density at radius 2 is 1.55 bits per heavy atom. The molecule has 3 aromatic heterocycles. The number of rotatable bonds is 3. The summed E-state index contributed by atoms with van der Waals surface area (Å²) in [6.07, 6.45) is 16.3. The predicted octanol–water partition coefficient (Wildman–Crippen LogP) is 10.5. The average Bonchev–Trinajstić information content (AvgIpc) is 3.76. The number of hydrogen-bond donors (Lipinski definition) is 2. The van der Waals surface area contributed by atoms with E-state index in [0.717, 1.165) is 80.3 Å². The van der Waals surface area contributed by atoms with Gasteiger partial charge in [0.05, 0.1) is 33.7 Å². The Balaban J connectivity index is 1.27. The first-order valence-corrected chi connectivity index (χ1v) is 16.3. The highest BCUT2D eigenvalue weighted by atomic mass is 16.3. The molecule has 0 saturated heterocycles. The largest absolute Gasteiger partial charge is 0.455 e. The average molecular weight is 609 g/mol. The Morgan fingerprint density at radius 3 is 2.47 bits per heavy atom. The van der Waals surface area contributed by atoms with E-state index in [2.05, 4.69) is 118 Å². The second kappa shape index (κ2) is 9.78. The molecule has 5 nitrogen and oxygen atoms in total. The first kappa shape index (κ1) is 26.3. The number of para-hydroxylation sites is 1. The standard InChI is InChI=1S/C42H32N4O/c43-26-15-19-36(46-35-12-6-4-10-29(35)34-24-27(44)16-20-37(34)46)33(23-26)25-14-17-32-39(22-25)45(28-8-2-1-3-9-28)38-21-18-31-30-11-5-7-13-40(30)47-42(31)41(32)38/h1-3,5-8,11-24,28H,4,9-10,43-44H2. The van der Waals surface area contributed by atoms with Crippen molar-refractivity contribution in [2.75, 3.05) is 11.5 Å². The van der Waals surface area contributed by atoms with Crippen molar-refractivity contribution < 1.29 is 4.42 Å². The Kier molecular flexibility index (Phi) is 5.47. The maximum Gasteiger partial charge on any atom is 0.145 e. The Morgan fingerprint density at radius 1 is 0.702 bits per heavy atom. The fraction of sp³-hybridized carbons (Fsp3) is 0.0952. The first-order valence-electron chi connectivity index (χ1n) is 16.3. The van der Waals surface area contributed by atoms with Crippen LogP contribution < -0.4 is 11.5 Å². The molecule has 10 rings (SSSR count). The van der Waals surface area contributed by atoms with Crippen LogP contribution in [-0.4, -0.2) is 9.13 Å². The van der Waals surface area contributed by atoms with Gasteiger partial charge in [-0.2, -0.15) is 0 Å². The molecule has 2 aliphatic carbocycles. The highest BCUT2D eigenvalue weighted by Gasteiger charge is 2.24. The number of anilines is 2. The molecule has 3 heterocycles. The number of benzene rings is 5. The number of aryl methyl sites for hydroxylation is 1. The van der Waals surface area contributed by atoms with Crippen LogP contribution >= 0.6 is 0 Å². The molecule has 226 valence electrons. The summed E-state index contributed by atoms with van der Waals surface area (Å²) in [5.41, 5.74) is 25.6. The third kappa shape index (κ3) is 3.77. The summed E-state index contributed by atoms with van der Waals surface area (Å²) in [6, 6.07) is 32.4. The number of aromatic nitrogens is 2. The maximum absolute atomic E-state index is 6.59. The van der Waals surface area contributed by atoms with Crippen molar-refractivity contribution in [3.05, 3.63) is 133 Å². The molecule has 47 heavy (non-hydrogen) atoms. The first-order chi connectivity index (χ1) is 23.1. The van der Waals surface area contributed by atoms with Gasteiger partial charge < -0.3 is 25.0 Å². The summed E-state index contributed by atoms with van der Waals surface area (Å²) in [7, 11) is 0. The fourth-order valence-corrected chi connectivity index (χ4v) is 8.09. The molecule has 8 aromatic rings. The van der Waals surface area contributed by atoms with Crippen LogP contribution in [0.4, 0.5) is 11.4 Å². The van der Waals surface area contributed by atoms with E-state index in [4.69, 9.17) is 15.9 Å². The van der Waals surface area contributed by atoms with Crippen LogP contribution in [0, 0.1) is 0 Å². The van der Waals surface area contributed by atoms with Crippen molar-refractivity contribution in [3.8, 4) is 16.8 Å². The second-order valence-electron chi connectivity index (χ2n) is 12.8. The number of nitrogens with zero attached hydrogens (tertiary/aromatic N) is 2. The molecule has 2 aliphatic rings. The van der Waals surface area contributed by atoms with Crippen molar-refractivity contribution in [1.82, 2.24) is 9.13 Å². The lowest BCUT2D eigenvalue weighted by Crippen LogP contribution is -2.07. The minimum Gasteiger partial charge on any atom is -0.455 e. The summed E-state index contributed by atoms with van der Waals surface area (Å²) in [6.45, 7) is 0. The number of furan rings is 1. The molecule has 1 atom stereocenters. The van der Waals surface area contributed by atoms with Crippen molar-refractivity contribution in [2.24, 2.45) is 0 Å². The van der Waals surface area contributed by atoms with Gasteiger partial charge >= 0.3 is 0 Å². The Hall–Kier alpha value is -5.94. The van der Waals surface area contributed by atoms with Crippen molar-refractivity contribution in [2.45, 2.75) is 25.3 Å². The number of hydrogen-bond acceptors (Lipinski definition) is 3. The van der Waals surface area contributed by atoms with Crippen LogP contribution in [0.2, 0.25) is 0 Å². The van der Waals surface area contributed by atoms with Gasteiger partial charge in [0.1, 0.15) is 11.2 Å². The third-order valence-electron chi connectivity index (χ3n) is 10.1. The third-order valence-corrected chi connectivity index (χ3v) is 10.1. The summed E-state index contributed by atoms with van der Waals surface area (Å²) in [5.74, 6) is 0. The van der Waals surface area contributed by atoms with Crippen LogP contribution in [0.1, 0.15) is 30.1 Å². The van der Waals surface area contributed by atoms with E-state index >= 15 is 0 Å². The second-order valence-corrected chi connectivity index (χ2v) is 12.8. The van der Waals surface area contributed by atoms with Crippen LogP contribution in [0.15, 0.2) is 126 Å². The van der Waals surface area contributed by atoms with Gasteiger partial charge in [0.2, 0.25) is 0 Å². The van der Waals surface area contributed by atoms with Crippen molar-refractivity contribution in [3.63, 3.8) is 0 Å². The molecule has 0 fully saturated rings. The van der Waals surface area contributed by atoms with E-state index in [1.807, 2.05) is 18.2 Å². The van der Waals surface area contributed by atoms with Gasteiger partial charge in [0.15, 0.2) is 0 Å². The molecule has 4 N–H and O–H groups in total. The molecule has 5 aromatic carbocycles. The van der Waals surface area contributed by atoms with Gasteiger partial charge in [0, 0.05) is 44.2 Å². The topological polar surface area (TPSA) is 75.0 Å². The number of nitrogen functional groups attached to an aromatic ring is 2. The molecule has 0 aliphatic heterocycles. The van der Waals surface area contributed by atoms with Gasteiger partial charge in [0.25, 0.3) is 0 Å².